The Morgan fingerprint density at radius 3 is 2.88 bits per heavy atom. The summed E-state index contributed by atoms with van der Waals surface area (Å²) in [4.78, 5) is 11.0. The highest BCUT2D eigenvalue weighted by Crippen LogP contribution is 2.18. The van der Waals surface area contributed by atoms with E-state index < -0.39 is 12.1 Å². The summed E-state index contributed by atoms with van der Waals surface area (Å²) in [6.07, 6.45) is -0.550. The Labute approximate surface area is 94.8 Å². The summed E-state index contributed by atoms with van der Waals surface area (Å²) in [5.74, 6) is 0.149. The molecule has 1 N–H and O–H groups in total. The third-order valence-corrected chi connectivity index (χ3v) is 2.00. The van der Waals surface area contributed by atoms with E-state index in [1.54, 1.807) is 38.1 Å². The van der Waals surface area contributed by atoms with Crippen LogP contribution in [-0.2, 0) is 9.53 Å². The lowest BCUT2D eigenvalue weighted by atomic mass is 10.1. The van der Waals surface area contributed by atoms with Crippen LogP contribution < -0.4 is 4.74 Å². The number of carbonyl (C=O) groups excluding carboxylic acids is 1. The number of esters is 1. The lowest BCUT2D eigenvalue weighted by molar-refractivity contribution is -0.145. The maximum Gasteiger partial charge on any atom is 0.344 e. The molecule has 1 aromatic rings. The topological polar surface area (TPSA) is 55.8 Å². The van der Waals surface area contributed by atoms with Crippen molar-refractivity contribution in [1.29, 1.82) is 0 Å². The number of carbonyl (C=O) groups is 1. The van der Waals surface area contributed by atoms with Crippen molar-refractivity contribution in [1.82, 2.24) is 0 Å². The minimum absolute atomic E-state index is 0.114. The third kappa shape index (κ3) is 3.90. The van der Waals surface area contributed by atoms with E-state index in [1.807, 2.05) is 0 Å². The van der Waals surface area contributed by atoms with Crippen LogP contribution in [-0.4, -0.2) is 24.3 Å². The van der Waals surface area contributed by atoms with Crippen molar-refractivity contribution in [3.8, 4) is 5.75 Å². The zero-order valence-corrected chi connectivity index (χ0v) is 9.47. The van der Waals surface area contributed by atoms with Crippen LogP contribution in [0, 0.1) is 0 Å². The zero-order chi connectivity index (χ0) is 12.0. The number of hydrogen-bond acceptors (Lipinski definition) is 4. The Hall–Kier alpha value is -1.55. The Morgan fingerprint density at radius 1 is 1.50 bits per heavy atom. The molecule has 1 rings (SSSR count). The fourth-order valence-corrected chi connectivity index (χ4v) is 1.21. The van der Waals surface area contributed by atoms with Crippen LogP contribution in [0.4, 0.5) is 0 Å². The van der Waals surface area contributed by atoms with E-state index in [0.717, 1.165) is 5.56 Å². The SMILES string of the molecule is CCOC(=O)COc1cccc([C@@H](C)O)c1. The van der Waals surface area contributed by atoms with Gasteiger partial charge in [0.2, 0.25) is 0 Å². The van der Waals surface area contributed by atoms with Crippen molar-refractivity contribution in [2.24, 2.45) is 0 Å². The van der Waals surface area contributed by atoms with Crippen LogP contribution in [0.2, 0.25) is 0 Å². The summed E-state index contributed by atoms with van der Waals surface area (Å²) in [5.41, 5.74) is 0.751. The smallest absolute Gasteiger partial charge is 0.344 e. The zero-order valence-electron chi connectivity index (χ0n) is 9.47. The van der Waals surface area contributed by atoms with Crippen LogP contribution >= 0.6 is 0 Å². The number of aliphatic hydroxyl groups is 1. The number of benzene rings is 1. The third-order valence-electron chi connectivity index (χ3n) is 2.00. The van der Waals surface area contributed by atoms with Gasteiger partial charge in [-0.15, -0.1) is 0 Å². The van der Waals surface area contributed by atoms with Crippen LogP contribution in [0.15, 0.2) is 24.3 Å². The molecule has 0 fully saturated rings. The summed E-state index contributed by atoms with van der Waals surface area (Å²) < 4.78 is 9.95. The van der Waals surface area contributed by atoms with Crippen molar-refractivity contribution in [3.05, 3.63) is 29.8 Å². The maximum absolute atomic E-state index is 11.0. The van der Waals surface area contributed by atoms with Gasteiger partial charge >= 0.3 is 5.97 Å². The molecule has 88 valence electrons. The second-order valence-electron chi connectivity index (χ2n) is 3.34. The van der Waals surface area contributed by atoms with Gasteiger partial charge in [0.1, 0.15) is 5.75 Å². The number of hydrogen-bond donors (Lipinski definition) is 1. The fourth-order valence-electron chi connectivity index (χ4n) is 1.21. The Morgan fingerprint density at radius 2 is 2.25 bits per heavy atom. The highest BCUT2D eigenvalue weighted by atomic mass is 16.6. The van der Waals surface area contributed by atoms with Crippen molar-refractivity contribution in [3.63, 3.8) is 0 Å². The normalized spacial score (nSPS) is 11.9. The van der Waals surface area contributed by atoms with Crippen LogP contribution in [0.25, 0.3) is 0 Å². The molecule has 0 saturated heterocycles. The van der Waals surface area contributed by atoms with Gasteiger partial charge in [-0.3, -0.25) is 0 Å². The predicted molar refractivity (Wildman–Crippen MR) is 59.2 cm³/mol. The molecule has 0 heterocycles. The summed E-state index contributed by atoms with van der Waals surface area (Å²) in [5, 5.41) is 9.36. The first kappa shape index (κ1) is 12.5. The largest absolute Gasteiger partial charge is 0.482 e. The Kier molecular flexibility index (Phi) is 4.79. The molecular weight excluding hydrogens is 208 g/mol. The van der Waals surface area contributed by atoms with Crippen LogP contribution in [0.5, 0.6) is 5.75 Å². The van der Waals surface area contributed by atoms with Crippen molar-refractivity contribution >= 4 is 5.97 Å². The number of ether oxygens (including phenoxy) is 2. The minimum Gasteiger partial charge on any atom is -0.482 e. The Balaban J connectivity index is 2.54. The molecule has 0 aliphatic rings. The van der Waals surface area contributed by atoms with Crippen LogP contribution in [0.1, 0.15) is 25.5 Å². The van der Waals surface area contributed by atoms with Crippen LogP contribution in [0.3, 0.4) is 0 Å². The van der Waals surface area contributed by atoms with E-state index >= 15 is 0 Å². The van der Waals surface area contributed by atoms with Gasteiger partial charge in [-0.05, 0) is 31.5 Å². The van der Waals surface area contributed by atoms with Gasteiger partial charge in [0.15, 0.2) is 6.61 Å². The molecule has 1 atom stereocenters. The molecular formula is C12H16O4. The van der Waals surface area contributed by atoms with Crippen molar-refractivity contribution < 1.29 is 19.4 Å². The van der Waals surface area contributed by atoms with E-state index in [2.05, 4.69) is 0 Å². The maximum atomic E-state index is 11.0. The summed E-state index contributed by atoms with van der Waals surface area (Å²) in [7, 11) is 0. The highest BCUT2D eigenvalue weighted by molar-refractivity contribution is 5.71. The lowest BCUT2D eigenvalue weighted by Crippen LogP contribution is -2.14. The average molecular weight is 224 g/mol. The number of rotatable bonds is 5. The van der Waals surface area contributed by atoms with E-state index in [9.17, 15) is 9.90 Å². The molecule has 0 unspecified atom stereocenters. The molecule has 0 aromatic heterocycles. The standard InChI is InChI=1S/C12H16O4/c1-3-15-12(14)8-16-11-6-4-5-10(7-11)9(2)13/h4-7,9,13H,3,8H2,1-2H3/t9-/m1/s1. The first-order chi connectivity index (χ1) is 7.63. The molecule has 0 radical (unpaired) electrons. The molecule has 0 spiro atoms. The molecule has 1 aromatic carbocycles. The minimum atomic E-state index is -0.550. The first-order valence-electron chi connectivity index (χ1n) is 5.20. The van der Waals surface area contributed by atoms with E-state index in [1.165, 1.54) is 0 Å². The average Bonchev–Trinajstić information content (AvgIpc) is 2.27. The fraction of sp³-hybridized carbons (Fsp3) is 0.417. The molecule has 0 aliphatic heterocycles. The monoisotopic (exact) mass is 224 g/mol. The highest BCUT2D eigenvalue weighted by Gasteiger charge is 2.05. The molecule has 16 heavy (non-hydrogen) atoms. The second kappa shape index (κ2) is 6.12. The molecule has 0 amide bonds. The van der Waals surface area contributed by atoms with Gasteiger partial charge in [0.05, 0.1) is 12.7 Å². The molecule has 0 saturated carbocycles. The van der Waals surface area contributed by atoms with Gasteiger partial charge < -0.3 is 14.6 Å². The second-order valence-corrected chi connectivity index (χ2v) is 3.34. The predicted octanol–water partition coefficient (Wildman–Crippen LogP) is 1.68. The van der Waals surface area contributed by atoms with Gasteiger partial charge in [0, 0.05) is 0 Å². The van der Waals surface area contributed by atoms with E-state index in [-0.39, 0.29) is 6.61 Å². The van der Waals surface area contributed by atoms with E-state index in [4.69, 9.17) is 9.47 Å². The van der Waals surface area contributed by atoms with Gasteiger partial charge in [-0.2, -0.15) is 0 Å². The van der Waals surface area contributed by atoms with Gasteiger partial charge in [0.25, 0.3) is 0 Å². The molecule has 0 bridgehead atoms. The molecule has 4 nitrogen and oxygen atoms in total. The number of aliphatic hydroxyl groups excluding tert-OH is 1. The molecule has 0 aliphatic carbocycles. The van der Waals surface area contributed by atoms with Gasteiger partial charge in [-0.1, -0.05) is 12.1 Å². The summed E-state index contributed by atoms with van der Waals surface area (Å²) >= 11 is 0. The Bertz CT molecular complexity index is 347. The summed E-state index contributed by atoms with van der Waals surface area (Å²) in [6.45, 7) is 3.64. The van der Waals surface area contributed by atoms with Crippen molar-refractivity contribution in [2.45, 2.75) is 20.0 Å². The quantitative estimate of drug-likeness (QED) is 0.773. The van der Waals surface area contributed by atoms with Crippen molar-refractivity contribution in [2.75, 3.05) is 13.2 Å². The molecule has 4 heteroatoms. The summed E-state index contributed by atoms with van der Waals surface area (Å²) in [6, 6.07) is 6.99. The first-order valence-corrected chi connectivity index (χ1v) is 5.20. The lowest BCUT2D eigenvalue weighted by Gasteiger charge is -2.08. The van der Waals surface area contributed by atoms with Gasteiger partial charge in [-0.25, -0.2) is 4.79 Å². The van der Waals surface area contributed by atoms with E-state index in [0.29, 0.717) is 12.4 Å².